The van der Waals surface area contributed by atoms with Crippen molar-refractivity contribution >= 4 is 11.8 Å². The van der Waals surface area contributed by atoms with Gasteiger partial charge in [-0.25, -0.2) is 14.6 Å². The molecule has 2 aromatic rings. The molecule has 0 fully saturated rings. The quantitative estimate of drug-likeness (QED) is 0.780. The second kappa shape index (κ2) is 4.80. The maximum absolute atomic E-state index is 8.88. The van der Waals surface area contributed by atoms with E-state index in [-0.39, 0.29) is 5.69 Å². The predicted molar refractivity (Wildman–Crippen MR) is 60.4 cm³/mol. The van der Waals surface area contributed by atoms with Gasteiger partial charge < -0.3 is 5.84 Å². The molecule has 17 heavy (non-hydrogen) atoms. The average Bonchev–Trinajstić information content (AvgIpc) is 2.71. The first-order valence-corrected chi connectivity index (χ1v) is 5.66. The van der Waals surface area contributed by atoms with Crippen LogP contribution in [0.15, 0.2) is 22.6 Å². The van der Waals surface area contributed by atoms with Crippen LogP contribution in [-0.2, 0) is 6.42 Å². The molecule has 0 aromatic carbocycles. The van der Waals surface area contributed by atoms with Gasteiger partial charge in [0, 0.05) is 18.8 Å². The molecule has 0 aliphatic carbocycles. The van der Waals surface area contributed by atoms with Gasteiger partial charge in [-0.3, -0.25) is 0 Å². The second-order valence-corrected chi connectivity index (χ2v) is 4.00. The molecule has 0 unspecified atom stereocenters. The molecule has 2 heterocycles. The average molecular weight is 247 g/mol. The van der Waals surface area contributed by atoms with E-state index < -0.39 is 0 Å². The Morgan fingerprint density at radius 1 is 1.41 bits per heavy atom. The van der Waals surface area contributed by atoms with Gasteiger partial charge in [0.2, 0.25) is 5.16 Å². The third-order valence-electron chi connectivity index (χ3n) is 2.01. The fourth-order valence-corrected chi connectivity index (χ4v) is 1.95. The Morgan fingerprint density at radius 2 is 2.18 bits per heavy atom. The molecule has 2 aromatic heterocycles. The predicted octanol–water partition coefficient (Wildman–Crippen LogP) is 0.367. The molecule has 0 bridgehead atoms. The molecule has 7 nitrogen and oxygen atoms in total. The van der Waals surface area contributed by atoms with E-state index in [0.29, 0.717) is 22.4 Å². The molecular formula is C9H9N7S. The first-order valence-electron chi connectivity index (χ1n) is 4.84. The summed E-state index contributed by atoms with van der Waals surface area (Å²) in [5, 5.41) is 17.7. The Labute approximate surface area is 102 Å². The topological polar surface area (TPSA) is 106 Å². The van der Waals surface area contributed by atoms with Crippen LogP contribution in [0.5, 0.6) is 0 Å². The van der Waals surface area contributed by atoms with Crippen LogP contribution in [0.2, 0.25) is 0 Å². The van der Waals surface area contributed by atoms with Crippen molar-refractivity contribution in [2.45, 2.75) is 23.5 Å². The Bertz CT molecular complexity index is 571. The molecule has 0 radical (unpaired) electrons. The molecule has 0 saturated carbocycles. The number of nitrogens with zero attached hydrogens (tertiary/aromatic N) is 6. The summed E-state index contributed by atoms with van der Waals surface area (Å²) in [4.78, 5) is 7.97. The minimum atomic E-state index is 0.249. The van der Waals surface area contributed by atoms with Gasteiger partial charge in [-0.1, -0.05) is 6.92 Å². The van der Waals surface area contributed by atoms with Gasteiger partial charge in [-0.15, -0.1) is 10.2 Å². The van der Waals surface area contributed by atoms with Crippen LogP contribution >= 0.6 is 11.8 Å². The van der Waals surface area contributed by atoms with E-state index in [9.17, 15) is 0 Å². The highest BCUT2D eigenvalue weighted by atomic mass is 32.2. The van der Waals surface area contributed by atoms with Crippen LogP contribution in [0, 0.1) is 11.3 Å². The van der Waals surface area contributed by atoms with E-state index in [0.717, 1.165) is 0 Å². The van der Waals surface area contributed by atoms with Crippen LogP contribution < -0.4 is 5.84 Å². The van der Waals surface area contributed by atoms with Crippen molar-refractivity contribution in [3.8, 4) is 6.07 Å². The van der Waals surface area contributed by atoms with Crippen molar-refractivity contribution in [3.05, 3.63) is 23.9 Å². The van der Waals surface area contributed by atoms with Gasteiger partial charge in [0.1, 0.15) is 11.1 Å². The van der Waals surface area contributed by atoms with Crippen LogP contribution in [0.25, 0.3) is 0 Å². The standard InChI is InChI=1S/C9H9N7S/c1-2-7-14-15-9(16(7)11)17-8-6(5-10)12-3-4-13-8/h3-4H,2,11H2,1H3. The minimum absolute atomic E-state index is 0.249. The Kier molecular flexibility index (Phi) is 3.20. The molecule has 0 atom stereocenters. The normalized spacial score (nSPS) is 10.1. The molecule has 2 N–H and O–H groups in total. The number of hydrogen-bond acceptors (Lipinski definition) is 7. The maximum atomic E-state index is 8.88. The van der Waals surface area contributed by atoms with Crippen LogP contribution in [-0.4, -0.2) is 24.8 Å². The summed E-state index contributed by atoms with van der Waals surface area (Å²) >= 11 is 1.17. The number of nitrogens with two attached hydrogens (primary N) is 1. The summed E-state index contributed by atoms with van der Waals surface area (Å²) < 4.78 is 1.39. The molecule has 0 spiro atoms. The number of aryl methyl sites for hydroxylation is 1. The summed E-state index contributed by atoms with van der Waals surface area (Å²) in [6.45, 7) is 1.94. The van der Waals surface area contributed by atoms with E-state index in [1.54, 1.807) is 0 Å². The lowest BCUT2D eigenvalue weighted by molar-refractivity contribution is 0.794. The zero-order valence-electron chi connectivity index (χ0n) is 9.03. The molecule has 8 heteroatoms. The van der Waals surface area contributed by atoms with Crippen LogP contribution in [0.4, 0.5) is 0 Å². The molecule has 0 amide bonds. The lowest BCUT2D eigenvalue weighted by Gasteiger charge is -2.01. The van der Waals surface area contributed by atoms with Crippen molar-refractivity contribution in [3.63, 3.8) is 0 Å². The molecule has 0 aliphatic heterocycles. The second-order valence-electron chi connectivity index (χ2n) is 3.05. The summed E-state index contributed by atoms with van der Waals surface area (Å²) in [7, 11) is 0. The molecule has 0 aliphatic rings. The van der Waals surface area contributed by atoms with E-state index in [1.807, 2.05) is 13.0 Å². The number of aromatic nitrogens is 5. The van der Waals surface area contributed by atoms with Gasteiger partial charge in [0.15, 0.2) is 11.5 Å². The number of hydrogen-bond donors (Lipinski definition) is 1. The third-order valence-corrected chi connectivity index (χ3v) is 2.96. The Hall–Kier alpha value is -2.14. The lowest BCUT2D eigenvalue weighted by atomic mass is 10.5. The fourth-order valence-electron chi connectivity index (χ4n) is 1.18. The molecule has 86 valence electrons. The smallest absolute Gasteiger partial charge is 0.216 e. The fraction of sp³-hybridized carbons (Fsp3) is 0.222. The Morgan fingerprint density at radius 3 is 2.82 bits per heavy atom. The minimum Gasteiger partial charge on any atom is -0.336 e. The van der Waals surface area contributed by atoms with E-state index in [4.69, 9.17) is 11.1 Å². The van der Waals surface area contributed by atoms with Crippen molar-refractivity contribution in [1.82, 2.24) is 24.8 Å². The number of nitrogen functional groups attached to an aromatic ring is 1. The van der Waals surface area contributed by atoms with Crippen molar-refractivity contribution < 1.29 is 0 Å². The molecule has 2 rings (SSSR count). The van der Waals surface area contributed by atoms with Crippen LogP contribution in [0.3, 0.4) is 0 Å². The highest BCUT2D eigenvalue weighted by Gasteiger charge is 2.13. The van der Waals surface area contributed by atoms with Gasteiger partial charge >= 0.3 is 0 Å². The number of nitriles is 1. The largest absolute Gasteiger partial charge is 0.336 e. The highest BCUT2D eigenvalue weighted by molar-refractivity contribution is 7.99. The van der Waals surface area contributed by atoms with Gasteiger partial charge in [-0.05, 0) is 11.8 Å². The lowest BCUT2D eigenvalue weighted by Crippen LogP contribution is -2.13. The van der Waals surface area contributed by atoms with Gasteiger partial charge in [-0.2, -0.15) is 5.26 Å². The van der Waals surface area contributed by atoms with Crippen molar-refractivity contribution in [1.29, 1.82) is 5.26 Å². The summed E-state index contributed by atoms with van der Waals surface area (Å²) in [5.41, 5.74) is 0.249. The van der Waals surface area contributed by atoms with Gasteiger partial charge in [0.05, 0.1) is 0 Å². The van der Waals surface area contributed by atoms with Crippen molar-refractivity contribution in [2.24, 2.45) is 0 Å². The van der Waals surface area contributed by atoms with E-state index in [1.165, 1.54) is 28.8 Å². The zero-order valence-corrected chi connectivity index (χ0v) is 9.85. The summed E-state index contributed by atoms with van der Waals surface area (Å²) in [6.07, 6.45) is 3.67. The summed E-state index contributed by atoms with van der Waals surface area (Å²) in [6, 6.07) is 1.96. The maximum Gasteiger partial charge on any atom is 0.216 e. The SMILES string of the molecule is CCc1nnc(Sc2nccnc2C#N)n1N. The van der Waals surface area contributed by atoms with Crippen molar-refractivity contribution in [2.75, 3.05) is 5.84 Å². The molecular weight excluding hydrogens is 238 g/mol. The van der Waals surface area contributed by atoms with Crippen LogP contribution in [0.1, 0.15) is 18.4 Å². The van der Waals surface area contributed by atoms with E-state index in [2.05, 4.69) is 20.2 Å². The van der Waals surface area contributed by atoms with E-state index >= 15 is 0 Å². The Balaban J connectivity index is 2.32. The first-order chi connectivity index (χ1) is 8.26. The highest BCUT2D eigenvalue weighted by Crippen LogP contribution is 2.25. The molecule has 0 saturated heterocycles. The summed E-state index contributed by atoms with van der Waals surface area (Å²) in [5.74, 6) is 6.47. The van der Waals surface area contributed by atoms with Gasteiger partial charge in [0.25, 0.3) is 0 Å². The first kappa shape index (κ1) is 11.3. The monoisotopic (exact) mass is 247 g/mol. The number of rotatable bonds is 3. The third kappa shape index (κ3) is 2.19. The zero-order chi connectivity index (χ0) is 12.3.